The number of aliphatic hydroxyl groups is 1. The van der Waals surface area contributed by atoms with Crippen LogP contribution in [0.3, 0.4) is 0 Å². The van der Waals surface area contributed by atoms with Crippen molar-refractivity contribution in [3.05, 3.63) is 16.4 Å². The zero-order valence-corrected chi connectivity index (χ0v) is 10.5. The minimum atomic E-state index is -0.637. The van der Waals surface area contributed by atoms with Gasteiger partial charge in [-0.3, -0.25) is 4.68 Å². The van der Waals surface area contributed by atoms with Gasteiger partial charge in [-0.25, -0.2) is 0 Å². The lowest BCUT2D eigenvalue weighted by Crippen LogP contribution is -2.33. The van der Waals surface area contributed by atoms with Crippen LogP contribution in [0.15, 0.2) is 10.7 Å². The van der Waals surface area contributed by atoms with Gasteiger partial charge < -0.3 is 9.84 Å². The molecule has 2 heterocycles. The van der Waals surface area contributed by atoms with Crippen LogP contribution in [-0.4, -0.2) is 27.1 Å². The van der Waals surface area contributed by atoms with E-state index in [1.807, 2.05) is 14.0 Å². The largest absolute Gasteiger partial charge is 0.384 e. The predicted molar refractivity (Wildman–Crippen MR) is 59.5 cm³/mol. The standard InChI is InChI=1S/C10H15BrN2O2/c1-10(4-3-5-15-10)9(14)8-7(11)6-12-13(8)2/h6,9,14H,3-5H2,1-2H3. The molecule has 2 unspecified atom stereocenters. The summed E-state index contributed by atoms with van der Waals surface area (Å²) < 4.78 is 8.13. The Morgan fingerprint density at radius 2 is 2.47 bits per heavy atom. The molecule has 1 aromatic rings. The van der Waals surface area contributed by atoms with Gasteiger partial charge in [0.1, 0.15) is 6.10 Å². The molecule has 2 rings (SSSR count). The third-order valence-electron chi connectivity index (χ3n) is 3.02. The molecule has 0 bridgehead atoms. The van der Waals surface area contributed by atoms with Crippen molar-refractivity contribution in [2.45, 2.75) is 31.5 Å². The first-order chi connectivity index (χ1) is 7.04. The average Bonchev–Trinajstić information content (AvgIpc) is 2.75. The maximum Gasteiger partial charge on any atom is 0.125 e. The highest BCUT2D eigenvalue weighted by atomic mass is 79.9. The van der Waals surface area contributed by atoms with E-state index in [2.05, 4.69) is 21.0 Å². The minimum absolute atomic E-state index is 0.476. The van der Waals surface area contributed by atoms with Crippen molar-refractivity contribution in [2.24, 2.45) is 7.05 Å². The fourth-order valence-electron chi connectivity index (χ4n) is 2.03. The van der Waals surface area contributed by atoms with Crippen LogP contribution in [0.25, 0.3) is 0 Å². The van der Waals surface area contributed by atoms with Crippen molar-refractivity contribution < 1.29 is 9.84 Å². The number of hydrogen-bond donors (Lipinski definition) is 1. The first-order valence-electron chi connectivity index (χ1n) is 5.04. The molecule has 1 aromatic heterocycles. The fourth-order valence-corrected chi connectivity index (χ4v) is 2.60. The summed E-state index contributed by atoms with van der Waals surface area (Å²) in [5.41, 5.74) is 0.301. The summed E-state index contributed by atoms with van der Waals surface area (Å²) in [6.45, 7) is 2.67. The van der Waals surface area contributed by atoms with Crippen molar-refractivity contribution in [1.29, 1.82) is 0 Å². The van der Waals surface area contributed by atoms with Crippen LogP contribution in [-0.2, 0) is 11.8 Å². The van der Waals surface area contributed by atoms with E-state index in [1.54, 1.807) is 10.9 Å². The van der Waals surface area contributed by atoms with Gasteiger partial charge in [-0.15, -0.1) is 0 Å². The Balaban J connectivity index is 2.31. The number of rotatable bonds is 2. The summed E-state index contributed by atoms with van der Waals surface area (Å²) >= 11 is 3.39. The maximum absolute atomic E-state index is 10.3. The predicted octanol–water partition coefficient (Wildman–Crippen LogP) is 1.79. The summed E-state index contributed by atoms with van der Waals surface area (Å²) in [7, 11) is 1.82. The van der Waals surface area contributed by atoms with Crippen molar-refractivity contribution >= 4 is 15.9 Å². The van der Waals surface area contributed by atoms with Crippen LogP contribution in [0.2, 0.25) is 0 Å². The lowest BCUT2D eigenvalue weighted by atomic mass is 9.93. The molecule has 1 N–H and O–H groups in total. The summed E-state index contributed by atoms with van der Waals surface area (Å²) in [6.07, 6.45) is 2.94. The van der Waals surface area contributed by atoms with Crippen LogP contribution in [0.1, 0.15) is 31.6 Å². The average molecular weight is 275 g/mol. The molecule has 15 heavy (non-hydrogen) atoms. The SMILES string of the molecule is Cn1ncc(Br)c1C(O)C1(C)CCCO1. The molecule has 0 spiro atoms. The molecular weight excluding hydrogens is 260 g/mol. The van der Waals surface area contributed by atoms with Gasteiger partial charge in [0.05, 0.1) is 22.0 Å². The normalized spacial score (nSPS) is 28.3. The maximum atomic E-state index is 10.3. The highest BCUT2D eigenvalue weighted by Crippen LogP contribution is 2.39. The van der Waals surface area contributed by atoms with E-state index in [9.17, 15) is 5.11 Å². The number of hydrogen-bond acceptors (Lipinski definition) is 3. The summed E-state index contributed by atoms with van der Waals surface area (Å²) in [5.74, 6) is 0. The van der Waals surface area contributed by atoms with Crippen molar-refractivity contribution in [3.8, 4) is 0 Å². The molecule has 0 radical (unpaired) electrons. The van der Waals surface area contributed by atoms with E-state index in [-0.39, 0.29) is 0 Å². The van der Waals surface area contributed by atoms with E-state index in [0.29, 0.717) is 0 Å². The molecule has 1 aliphatic heterocycles. The number of aliphatic hydroxyl groups excluding tert-OH is 1. The van der Waals surface area contributed by atoms with Gasteiger partial charge in [0.15, 0.2) is 0 Å². The van der Waals surface area contributed by atoms with Gasteiger partial charge in [-0.2, -0.15) is 5.10 Å². The quantitative estimate of drug-likeness (QED) is 0.895. The second-order valence-corrected chi connectivity index (χ2v) is 5.02. The summed E-state index contributed by atoms with van der Waals surface area (Å²) in [4.78, 5) is 0. The molecule has 5 heteroatoms. The topological polar surface area (TPSA) is 47.3 Å². The third-order valence-corrected chi connectivity index (χ3v) is 3.64. The fraction of sp³-hybridized carbons (Fsp3) is 0.700. The number of ether oxygens (including phenoxy) is 1. The zero-order chi connectivity index (χ0) is 11.1. The van der Waals surface area contributed by atoms with Gasteiger partial charge in [0, 0.05) is 13.7 Å². The van der Waals surface area contributed by atoms with Crippen molar-refractivity contribution in [1.82, 2.24) is 9.78 Å². The van der Waals surface area contributed by atoms with Gasteiger partial charge in [-0.05, 0) is 35.7 Å². The molecule has 1 fully saturated rings. The lowest BCUT2D eigenvalue weighted by Gasteiger charge is -2.29. The second-order valence-electron chi connectivity index (χ2n) is 4.17. The lowest BCUT2D eigenvalue weighted by molar-refractivity contribution is -0.0829. The highest BCUT2D eigenvalue weighted by Gasteiger charge is 2.40. The molecule has 84 valence electrons. The summed E-state index contributed by atoms with van der Waals surface area (Å²) in [5, 5.41) is 14.4. The molecule has 0 amide bonds. The Morgan fingerprint density at radius 1 is 1.73 bits per heavy atom. The van der Waals surface area contributed by atoms with Gasteiger partial charge in [0.25, 0.3) is 0 Å². The number of halogens is 1. The molecule has 0 aromatic carbocycles. The van der Waals surface area contributed by atoms with E-state index >= 15 is 0 Å². The number of aryl methyl sites for hydroxylation is 1. The molecule has 2 atom stereocenters. The summed E-state index contributed by atoms with van der Waals surface area (Å²) in [6, 6.07) is 0. The van der Waals surface area contributed by atoms with Crippen molar-refractivity contribution in [2.75, 3.05) is 6.61 Å². The highest BCUT2D eigenvalue weighted by molar-refractivity contribution is 9.10. The van der Waals surface area contributed by atoms with Crippen LogP contribution in [0.5, 0.6) is 0 Å². The number of nitrogens with zero attached hydrogens (tertiary/aromatic N) is 2. The zero-order valence-electron chi connectivity index (χ0n) is 8.90. The van der Waals surface area contributed by atoms with E-state index < -0.39 is 11.7 Å². The van der Waals surface area contributed by atoms with Crippen LogP contribution in [0.4, 0.5) is 0 Å². The monoisotopic (exact) mass is 274 g/mol. The first-order valence-corrected chi connectivity index (χ1v) is 5.83. The molecule has 1 aliphatic rings. The Hall–Kier alpha value is -0.390. The Labute approximate surface area is 97.4 Å². The van der Waals surface area contributed by atoms with Crippen LogP contribution in [0, 0.1) is 0 Å². The smallest absolute Gasteiger partial charge is 0.125 e. The Morgan fingerprint density at radius 3 is 2.93 bits per heavy atom. The van der Waals surface area contributed by atoms with Crippen LogP contribution < -0.4 is 0 Å². The first kappa shape index (κ1) is 11.1. The molecule has 1 saturated heterocycles. The second kappa shape index (κ2) is 3.88. The molecule has 4 nitrogen and oxygen atoms in total. The molecule has 0 aliphatic carbocycles. The van der Waals surface area contributed by atoms with Gasteiger partial charge >= 0.3 is 0 Å². The van der Waals surface area contributed by atoms with E-state index in [4.69, 9.17) is 4.74 Å². The van der Waals surface area contributed by atoms with E-state index in [1.165, 1.54) is 0 Å². The van der Waals surface area contributed by atoms with E-state index in [0.717, 1.165) is 29.6 Å². The Bertz CT molecular complexity index is 339. The van der Waals surface area contributed by atoms with Crippen molar-refractivity contribution in [3.63, 3.8) is 0 Å². The third kappa shape index (κ3) is 1.84. The van der Waals surface area contributed by atoms with Gasteiger partial charge in [-0.1, -0.05) is 0 Å². The minimum Gasteiger partial charge on any atom is -0.384 e. The van der Waals surface area contributed by atoms with Crippen LogP contribution >= 0.6 is 15.9 Å². The Kier molecular flexibility index (Phi) is 2.87. The molecular formula is C10H15BrN2O2. The molecule has 0 saturated carbocycles. The number of aromatic nitrogens is 2. The van der Waals surface area contributed by atoms with Gasteiger partial charge in [0.2, 0.25) is 0 Å².